The van der Waals surface area contributed by atoms with E-state index in [9.17, 15) is 18.8 Å². The molecule has 2 aliphatic heterocycles. The van der Waals surface area contributed by atoms with Crippen LogP contribution in [0.15, 0.2) is 30.3 Å². The van der Waals surface area contributed by atoms with Gasteiger partial charge in [-0.25, -0.2) is 4.39 Å². The summed E-state index contributed by atoms with van der Waals surface area (Å²) in [5, 5.41) is 10.0. The van der Waals surface area contributed by atoms with Crippen LogP contribution in [0.25, 0.3) is 0 Å². The molecule has 0 unspecified atom stereocenters. The summed E-state index contributed by atoms with van der Waals surface area (Å²) in [4.78, 5) is 42.4. The van der Waals surface area contributed by atoms with Crippen molar-refractivity contribution in [3.8, 4) is 0 Å². The first-order valence-electron chi connectivity index (χ1n) is 11.7. The minimum absolute atomic E-state index is 0.112. The van der Waals surface area contributed by atoms with Gasteiger partial charge in [-0.2, -0.15) is 5.10 Å². The van der Waals surface area contributed by atoms with Gasteiger partial charge in [0, 0.05) is 32.7 Å². The molecule has 4 rings (SSSR count). The van der Waals surface area contributed by atoms with Gasteiger partial charge in [-0.1, -0.05) is 18.6 Å². The lowest BCUT2D eigenvalue weighted by molar-refractivity contribution is -0.132. The van der Waals surface area contributed by atoms with Gasteiger partial charge in [0.15, 0.2) is 5.69 Å². The van der Waals surface area contributed by atoms with E-state index in [1.54, 1.807) is 26.1 Å². The van der Waals surface area contributed by atoms with E-state index in [1.807, 2.05) is 0 Å². The van der Waals surface area contributed by atoms with Crippen molar-refractivity contribution in [3.63, 3.8) is 0 Å². The van der Waals surface area contributed by atoms with Crippen LogP contribution in [0.5, 0.6) is 0 Å². The topological polar surface area (TPSA) is 99.6 Å². The number of amides is 3. The van der Waals surface area contributed by atoms with Gasteiger partial charge in [-0.3, -0.25) is 19.1 Å². The largest absolute Gasteiger partial charge is 0.350 e. The molecule has 1 saturated heterocycles. The highest BCUT2D eigenvalue weighted by Crippen LogP contribution is 2.26. The second kappa shape index (κ2) is 9.92. The summed E-state index contributed by atoms with van der Waals surface area (Å²) in [6, 6.07) is 7.32. The Morgan fingerprint density at radius 1 is 1.12 bits per heavy atom. The maximum absolute atomic E-state index is 13.1. The Kier molecular flexibility index (Phi) is 6.97. The molecule has 3 heterocycles. The molecule has 1 atom stereocenters. The molecule has 1 aromatic heterocycles. The number of benzene rings is 1. The zero-order chi connectivity index (χ0) is 24.3. The standard InChI is InChI=1S/C24H31FN6O3/c1-24(23(34)27-15-17-6-8-18(25)9-7-17)16-31-20(22(33)29(24)2)14-19(28-31)21(32)26-10-13-30-11-4-3-5-12-30/h6-9,14H,3-5,10-13,15-16H2,1-2H3,(H,26,32)(H,27,34)/t24-/m0/s1. The number of carbonyl (C=O) groups excluding carboxylic acids is 3. The second-order valence-electron chi connectivity index (χ2n) is 9.18. The average molecular weight is 471 g/mol. The van der Waals surface area contributed by atoms with Crippen LogP contribution < -0.4 is 10.6 Å². The molecule has 0 aliphatic carbocycles. The van der Waals surface area contributed by atoms with E-state index in [-0.39, 0.29) is 48.0 Å². The normalized spacial score (nSPS) is 20.7. The van der Waals surface area contributed by atoms with Crippen molar-refractivity contribution >= 4 is 17.7 Å². The number of hydrogen-bond donors (Lipinski definition) is 2. The first kappa shape index (κ1) is 23.9. The molecule has 1 fully saturated rings. The minimum Gasteiger partial charge on any atom is -0.350 e. The van der Waals surface area contributed by atoms with Crippen LogP contribution in [0.2, 0.25) is 0 Å². The monoisotopic (exact) mass is 470 g/mol. The zero-order valence-electron chi connectivity index (χ0n) is 19.6. The number of likely N-dealkylation sites (N-methyl/N-ethyl adjacent to an activating group) is 1. The molecule has 0 saturated carbocycles. The molecule has 0 spiro atoms. The number of piperidine rings is 1. The predicted molar refractivity (Wildman–Crippen MR) is 124 cm³/mol. The minimum atomic E-state index is -1.20. The molecule has 10 heteroatoms. The van der Waals surface area contributed by atoms with E-state index < -0.39 is 5.54 Å². The van der Waals surface area contributed by atoms with Crippen molar-refractivity contribution in [2.75, 3.05) is 33.2 Å². The van der Waals surface area contributed by atoms with Crippen molar-refractivity contribution in [2.45, 2.75) is 44.8 Å². The molecule has 34 heavy (non-hydrogen) atoms. The summed E-state index contributed by atoms with van der Waals surface area (Å²) in [6.07, 6.45) is 3.63. The fraction of sp³-hybridized carbons (Fsp3) is 0.500. The van der Waals surface area contributed by atoms with Gasteiger partial charge in [-0.05, 0) is 50.6 Å². The molecule has 3 amide bonds. The Morgan fingerprint density at radius 2 is 1.82 bits per heavy atom. The van der Waals surface area contributed by atoms with E-state index in [2.05, 4.69) is 20.6 Å². The van der Waals surface area contributed by atoms with Gasteiger partial charge in [0.2, 0.25) is 5.91 Å². The Bertz CT molecular complexity index is 1060. The van der Waals surface area contributed by atoms with E-state index in [0.29, 0.717) is 6.54 Å². The number of hydrogen-bond acceptors (Lipinski definition) is 5. The lowest BCUT2D eigenvalue weighted by atomic mass is 9.96. The van der Waals surface area contributed by atoms with E-state index >= 15 is 0 Å². The maximum atomic E-state index is 13.1. The quantitative estimate of drug-likeness (QED) is 0.637. The maximum Gasteiger partial charge on any atom is 0.272 e. The number of carbonyl (C=O) groups is 3. The first-order valence-corrected chi connectivity index (χ1v) is 11.7. The molecule has 2 aromatic rings. The third-order valence-electron chi connectivity index (χ3n) is 6.75. The molecule has 0 radical (unpaired) electrons. The number of aromatic nitrogens is 2. The average Bonchev–Trinajstić information content (AvgIpc) is 3.26. The summed E-state index contributed by atoms with van der Waals surface area (Å²) in [5.41, 5.74) is -0.0247. The lowest BCUT2D eigenvalue weighted by Gasteiger charge is -2.40. The molecule has 1 aromatic carbocycles. The Morgan fingerprint density at radius 3 is 2.53 bits per heavy atom. The van der Waals surface area contributed by atoms with E-state index in [1.165, 1.54) is 47.0 Å². The van der Waals surface area contributed by atoms with Crippen LogP contribution in [-0.4, -0.2) is 76.1 Å². The third kappa shape index (κ3) is 4.96. The molecule has 2 aliphatic rings. The fourth-order valence-corrected chi connectivity index (χ4v) is 4.41. The Hall–Kier alpha value is -3.27. The fourth-order valence-electron chi connectivity index (χ4n) is 4.41. The van der Waals surface area contributed by atoms with Crippen LogP contribution in [0, 0.1) is 5.82 Å². The smallest absolute Gasteiger partial charge is 0.272 e. The highest BCUT2D eigenvalue weighted by molar-refractivity contribution is 6.01. The van der Waals surface area contributed by atoms with Crippen molar-refractivity contribution in [1.29, 1.82) is 0 Å². The Balaban J connectivity index is 1.39. The molecule has 2 N–H and O–H groups in total. The van der Waals surface area contributed by atoms with Crippen LogP contribution in [-0.2, 0) is 17.9 Å². The number of halogens is 1. The number of nitrogens with one attached hydrogen (secondary N) is 2. The van der Waals surface area contributed by atoms with Crippen LogP contribution in [0.4, 0.5) is 4.39 Å². The number of nitrogens with zero attached hydrogens (tertiary/aromatic N) is 4. The summed E-state index contributed by atoms with van der Waals surface area (Å²) in [6.45, 7) is 5.38. The van der Waals surface area contributed by atoms with Crippen LogP contribution in [0.1, 0.15) is 52.7 Å². The van der Waals surface area contributed by atoms with Gasteiger partial charge in [0.25, 0.3) is 11.8 Å². The molecule has 182 valence electrons. The van der Waals surface area contributed by atoms with Gasteiger partial charge in [0.05, 0.1) is 6.54 Å². The summed E-state index contributed by atoms with van der Waals surface area (Å²) < 4.78 is 14.5. The van der Waals surface area contributed by atoms with Crippen molar-refractivity contribution in [3.05, 3.63) is 53.1 Å². The zero-order valence-corrected chi connectivity index (χ0v) is 19.6. The predicted octanol–water partition coefficient (Wildman–Crippen LogP) is 1.40. The summed E-state index contributed by atoms with van der Waals surface area (Å²) >= 11 is 0. The van der Waals surface area contributed by atoms with Gasteiger partial charge in [-0.15, -0.1) is 0 Å². The highest BCUT2D eigenvalue weighted by atomic mass is 19.1. The van der Waals surface area contributed by atoms with Crippen molar-refractivity contribution < 1.29 is 18.8 Å². The van der Waals surface area contributed by atoms with E-state index in [4.69, 9.17) is 0 Å². The van der Waals surface area contributed by atoms with E-state index in [0.717, 1.165) is 25.2 Å². The second-order valence-corrected chi connectivity index (χ2v) is 9.18. The van der Waals surface area contributed by atoms with Crippen molar-refractivity contribution in [2.24, 2.45) is 0 Å². The highest BCUT2D eigenvalue weighted by Gasteiger charge is 2.46. The molecular weight excluding hydrogens is 439 g/mol. The third-order valence-corrected chi connectivity index (χ3v) is 6.75. The van der Waals surface area contributed by atoms with Crippen LogP contribution in [0.3, 0.4) is 0 Å². The van der Waals surface area contributed by atoms with Gasteiger partial charge >= 0.3 is 0 Å². The SMILES string of the molecule is CN1C(=O)c2cc(C(=O)NCCN3CCCCC3)nn2C[C@@]1(C)C(=O)NCc1ccc(F)cc1. The number of fused-ring (bicyclic) bond motifs is 1. The molecule has 0 bridgehead atoms. The summed E-state index contributed by atoms with van der Waals surface area (Å²) in [5.74, 6) is -1.43. The number of likely N-dealkylation sites (tertiary alicyclic amines) is 1. The van der Waals surface area contributed by atoms with Crippen LogP contribution >= 0.6 is 0 Å². The van der Waals surface area contributed by atoms with Gasteiger partial charge < -0.3 is 20.4 Å². The molecule has 9 nitrogen and oxygen atoms in total. The summed E-state index contributed by atoms with van der Waals surface area (Å²) in [7, 11) is 1.56. The molecular formula is C24H31FN6O3. The van der Waals surface area contributed by atoms with Crippen molar-refractivity contribution in [1.82, 2.24) is 30.2 Å². The van der Waals surface area contributed by atoms with Gasteiger partial charge in [0.1, 0.15) is 17.1 Å². The first-order chi connectivity index (χ1) is 16.3. The Labute approximate surface area is 198 Å². The number of rotatable bonds is 7. The lowest BCUT2D eigenvalue weighted by Crippen LogP contribution is -2.62.